The van der Waals surface area contributed by atoms with Crippen molar-refractivity contribution in [2.75, 3.05) is 50.0 Å². The number of imidazole rings is 1. The molecule has 21 heteroatoms. The van der Waals surface area contributed by atoms with Gasteiger partial charge < -0.3 is 19.9 Å². The lowest BCUT2D eigenvalue weighted by Crippen LogP contribution is -2.46. The van der Waals surface area contributed by atoms with Gasteiger partial charge >= 0.3 is 11.9 Å². The fourth-order valence-electron chi connectivity index (χ4n) is 9.38. The number of rotatable bonds is 11. The van der Waals surface area contributed by atoms with E-state index < -0.39 is 39.7 Å². The zero-order chi connectivity index (χ0) is 44.4. The second kappa shape index (κ2) is 16.5. The maximum absolute atomic E-state index is 13.8. The topological polar surface area (TPSA) is 181 Å². The van der Waals surface area contributed by atoms with E-state index in [1.54, 1.807) is 30.7 Å². The molecule has 2 aromatic carbocycles. The number of halogens is 3. The van der Waals surface area contributed by atoms with Gasteiger partial charge in [0.15, 0.2) is 5.65 Å². The van der Waals surface area contributed by atoms with Crippen molar-refractivity contribution in [3.05, 3.63) is 64.3 Å². The second-order valence-corrected chi connectivity index (χ2v) is 19.2. The standard InChI is InChI=1S/C42H50F3N11O6S/c1-25-22-29(10-11-30(25)47-40-48-34-23-46-37(42(43,44)45)39(56(34)50-40)62-28-6-4-7-28)63(60,61)54-20-14-26(15-21-54)24-51(2)27-16-18-53(19-17-27)31-8-5-9-32-36(31)52(3)41(59)55(32)33-12-13-35(57)49-38(33)58/h5,8-11,22-23,26-28,33H,4,6-7,12-21,24H2,1-3H3,(H,47,50)(H,49,57,58). The van der Waals surface area contributed by atoms with Crippen LogP contribution in [0.3, 0.4) is 0 Å². The van der Waals surface area contributed by atoms with E-state index in [0.717, 1.165) is 73.7 Å². The van der Waals surface area contributed by atoms with E-state index >= 15 is 0 Å². The molecule has 4 fully saturated rings. The molecule has 3 aliphatic heterocycles. The van der Waals surface area contributed by atoms with Gasteiger partial charge in [-0.25, -0.2) is 18.2 Å². The van der Waals surface area contributed by atoms with Gasteiger partial charge in [0, 0.05) is 57.9 Å². The van der Waals surface area contributed by atoms with Crippen LogP contribution in [-0.4, -0.2) is 110 Å². The molecule has 17 nitrogen and oxygen atoms in total. The summed E-state index contributed by atoms with van der Waals surface area (Å²) in [7, 11) is 0.0493. The predicted octanol–water partition coefficient (Wildman–Crippen LogP) is 4.76. The zero-order valence-electron chi connectivity index (χ0n) is 35.3. The number of amides is 2. The van der Waals surface area contributed by atoms with Gasteiger partial charge in [0.25, 0.3) is 0 Å². The van der Waals surface area contributed by atoms with E-state index in [1.165, 1.54) is 14.9 Å². The Morgan fingerprint density at radius 3 is 2.40 bits per heavy atom. The van der Waals surface area contributed by atoms with E-state index in [0.29, 0.717) is 54.7 Å². The van der Waals surface area contributed by atoms with Crippen LogP contribution in [0.25, 0.3) is 16.7 Å². The largest absolute Gasteiger partial charge is 0.473 e. The summed E-state index contributed by atoms with van der Waals surface area (Å²) in [6.07, 6.45) is 1.74. The van der Waals surface area contributed by atoms with Gasteiger partial charge in [0.2, 0.25) is 39.4 Å². The van der Waals surface area contributed by atoms with Crippen molar-refractivity contribution in [3.8, 4) is 5.88 Å². The van der Waals surface area contributed by atoms with Crippen LogP contribution in [0.1, 0.15) is 75.1 Å². The van der Waals surface area contributed by atoms with Crippen molar-refractivity contribution >= 4 is 55.8 Å². The number of hydrogen-bond donors (Lipinski definition) is 2. The number of aromatic nitrogens is 6. The number of hydrogen-bond acceptors (Lipinski definition) is 12. The molecule has 336 valence electrons. The number of nitrogens with one attached hydrogen (secondary N) is 2. The van der Waals surface area contributed by atoms with Gasteiger partial charge in [-0.05, 0) is 107 Å². The van der Waals surface area contributed by atoms with Crippen molar-refractivity contribution in [3.63, 3.8) is 0 Å². The summed E-state index contributed by atoms with van der Waals surface area (Å²) in [4.78, 5) is 50.7. The van der Waals surface area contributed by atoms with E-state index in [2.05, 4.69) is 42.5 Å². The predicted molar refractivity (Wildman–Crippen MR) is 226 cm³/mol. The zero-order valence-corrected chi connectivity index (χ0v) is 36.1. The number of alkyl halides is 3. The van der Waals surface area contributed by atoms with E-state index in [9.17, 15) is 36.0 Å². The van der Waals surface area contributed by atoms with Crippen LogP contribution < -0.4 is 26.0 Å². The molecule has 0 bridgehead atoms. The lowest BCUT2D eigenvalue weighted by Gasteiger charge is -2.40. The molecule has 1 atom stereocenters. The van der Waals surface area contributed by atoms with Crippen LogP contribution in [-0.2, 0) is 32.8 Å². The summed E-state index contributed by atoms with van der Waals surface area (Å²) >= 11 is 0. The monoisotopic (exact) mass is 893 g/mol. The first-order valence-corrected chi connectivity index (χ1v) is 22.9. The van der Waals surface area contributed by atoms with Crippen LogP contribution in [0.5, 0.6) is 5.88 Å². The van der Waals surface area contributed by atoms with Gasteiger partial charge in [-0.3, -0.25) is 24.0 Å². The van der Waals surface area contributed by atoms with Gasteiger partial charge in [-0.15, -0.1) is 5.10 Å². The molecule has 1 saturated carbocycles. The molecule has 9 rings (SSSR count). The molecule has 0 radical (unpaired) electrons. The smallest absolute Gasteiger partial charge is 0.438 e. The normalized spacial score (nSPS) is 20.2. The highest BCUT2D eigenvalue weighted by Gasteiger charge is 2.40. The maximum atomic E-state index is 13.8. The lowest BCUT2D eigenvalue weighted by molar-refractivity contribution is -0.144. The number of fused-ring (bicyclic) bond motifs is 2. The summed E-state index contributed by atoms with van der Waals surface area (Å²) in [5.41, 5.74) is 2.04. The third kappa shape index (κ3) is 8.14. The van der Waals surface area contributed by atoms with E-state index in [1.807, 2.05) is 18.2 Å². The minimum absolute atomic E-state index is 0.0101. The first-order valence-electron chi connectivity index (χ1n) is 21.4. The Kier molecular flexibility index (Phi) is 11.2. The number of benzene rings is 2. The molecule has 2 amide bonds. The minimum Gasteiger partial charge on any atom is -0.473 e. The quantitative estimate of drug-likeness (QED) is 0.174. The molecule has 4 aliphatic rings. The number of sulfonamides is 1. The Morgan fingerprint density at radius 1 is 0.984 bits per heavy atom. The van der Waals surface area contributed by atoms with Crippen LogP contribution in [0.4, 0.5) is 30.5 Å². The van der Waals surface area contributed by atoms with Crippen LogP contribution in [0, 0.1) is 12.8 Å². The number of ether oxygens (including phenoxy) is 1. The Balaban J connectivity index is 0.796. The number of piperidine rings is 3. The van der Waals surface area contributed by atoms with Crippen LogP contribution in [0.15, 0.2) is 52.3 Å². The third-order valence-corrected chi connectivity index (χ3v) is 15.1. The lowest BCUT2D eigenvalue weighted by atomic mass is 9.95. The molecule has 6 heterocycles. The highest BCUT2D eigenvalue weighted by atomic mass is 32.2. The van der Waals surface area contributed by atoms with Crippen molar-refractivity contribution in [1.29, 1.82) is 0 Å². The SMILES string of the molecule is Cc1cc(S(=O)(=O)N2CCC(CN(C)C3CCN(c4cccc5c4n(C)c(=O)n5C4CCC(=O)NC4=O)CC3)CC2)ccc1Nc1nc2cnc(C(F)(F)F)c(OC3CCC3)n2n1. The summed E-state index contributed by atoms with van der Waals surface area (Å²) in [5, 5.41) is 9.64. The van der Waals surface area contributed by atoms with Crippen molar-refractivity contribution in [2.24, 2.45) is 13.0 Å². The first kappa shape index (κ1) is 42.7. The molecular weight excluding hydrogens is 844 g/mol. The number of imide groups is 1. The molecule has 2 N–H and O–H groups in total. The first-order chi connectivity index (χ1) is 30.1. The Morgan fingerprint density at radius 2 is 1.73 bits per heavy atom. The summed E-state index contributed by atoms with van der Waals surface area (Å²) in [5.74, 6) is -0.967. The molecule has 0 spiro atoms. The van der Waals surface area contributed by atoms with Crippen molar-refractivity contribution in [1.82, 2.24) is 43.2 Å². The average molecular weight is 894 g/mol. The van der Waals surface area contributed by atoms with Crippen molar-refractivity contribution < 1.29 is 35.9 Å². The highest BCUT2D eigenvalue weighted by Crippen LogP contribution is 2.38. The van der Waals surface area contributed by atoms with E-state index in [4.69, 9.17) is 4.74 Å². The fourth-order valence-corrected chi connectivity index (χ4v) is 10.9. The van der Waals surface area contributed by atoms with Gasteiger partial charge in [-0.1, -0.05) is 6.07 Å². The summed E-state index contributed by atoms with van der Waals surface area (Å²) in [6.45, 7) is 4.93. The van der Waals surface area contributed by atoms with Crippen LogP contribution >= 0.6 is 0 Å². The minimum atomic E-state index is -4.75. The Hall–Kier alpha value is -5.54. The summed E-state index contributed by atoms with van der Waals surface area (Å²) in [6, 6.07) is 10.0. The number of para-hydroxylation sites is 1. The van der Waals surface area contributed by atoms with Gasteiger partial charge in [-0.2, -0.15) is 27.0 Å². The fraction of sp³-hybridized carbons (Fsp3) is 0.524. The second-order valence-electron chi connectivity index (χ2n) is 17.2. The number of nitrogens with zero attached hydrogens (tertiary/aromatic N) is 9. The molecule has 63 heavy (non-hydrogen) atoms. The number of carbonyl (C=O) groups excluding carboxylic acids is 2. The maximum Gasteiger partial charge on any atom is 0.438 e. The van der Waals surface area contributed by atoms with E-state index in [-0.39, 0.29) is 47.0 Å². The number of anilines is 3. The van der Waals surface area contributed by atoms with Gasteiger partial charge in [0.1, 0.15) is 12.1 Å². The van der Waals surface area contributed by atoms with Crippen molar-refractivity contribution in [2.45, 2.75) is 94.0 Å². The number of aryl methyl sites for hydroxylation is 2. The molecule has 1 unspecified atom stereocenters. The number of carbonyl (C=O) groups is 2. The summed E-state index contributed by atoms with van der Waals surface area (Å²) < 4.78 is 80.5. The Bertz CT molecular complexity index is 2750. The average Bonchev–Trinajstić information content (AvgIpc) is 3.76. The molecule has 1 aliphatic carbocycles. The molecule has 5 aromatic rings. The third-order valence-electron chi connectivity index (χ3n) is 13.2. The highest BCUT2D eigenvalue weighted by molar-refractivity contribution is 7.89. The molecular formula is C42H50F3N11O6S. The van der Waals surface area contributed by atoms with Gasteiger partial charge in [0.05, 0.1) is 27.8 Å². The Labute approximate surface area is 361 Å². The molecule has 3 saturated heterocycles. The van der Waals surface area contributed by atoms with Crippen LogP contribution in [0.2, 0.25) is 0 Å². The molecule has 3 aromatic heterocycles.